The third-order valence-electron chi connectivity index (χ3n) is 5.39. The predicted molar refractivity (Wildman–Crippen MR) is 115 cm³/mol. The van der Waals surface area contributed by atoms with Crippen molar-refractivity contribution in [2.45, 2.75) is 84.0 Å². The second kappa shape index (κ2) is 12.4. The first-order valence-corrected chi connectivity index (χ1v) is 11.0. The van der Waals surface area contributed by atoms with Crippen molar-refractivity contribution in [1.29, 1.82) is 0 Å². The Kier molecular flexibility index (Phi) is 10.6. The number of likely N-dealkylation sites (tertiary alicyclic amines) is 1. The zero-order chi connectivity index (χ0) is 24.6. The van der Waals surface area contributed by atoms with Gasteiger partial charge in [0.05, 0.1) is 6.04 Å². The van der Waals surface area contributed by atoms with Gasteiger partial charge in [0.25, 0.3) is 0 Å². The summed E-state index contributed by atoms with van der Waals surface area (Å²) < 4.78 is 0. The zero-order valence-electron chi connectivity index (χ0n) is 19.2. The van der Waals surface area contributed by atoms with Crippen LogP contribution in [0.2, 0.25) is 0 Å². The van der Waals surface area contributed by atoms with E-state index in [4.69, 9.17) is 10.8 Å². The molecule has 4 unspecified atom stereocenters. The summed E-state index contributed by atoms with van der Waals surface area (Å²) >= 11 is 0. The van der Waals surface area contributed by atoms with E-state index >= 15 is 0 Å². The molecule has 1 heterocycles. The van der Waals surface area contributed by atoms with E-state index in [9.17, 15) is 29.1 Å². The van der Waals surface area contributed by atoms with Crippen molar-refractivity contribution in [3.63, 3.8) is 0 Å². The van der Waals surface area contributed by atoms with Crippen molar-refractivity contribution in [1.82, 2.24) is 15.5 Å². The molecule has 0 aromatic rings. The van der Waals surface area contributed by atoms with Crippen LogP contribution >= 0.6 is 0 Å². The molecule has 0 aromatic carbocycles. The summed E-state index contributed by atoms with van der Waals surface area (Å²) in [5.41, 5.74) is 6.01. The molecule has 182 valence electrons. The van der Waals surface area contributed by atoms with Gasteiger partial charge < -0.3 is 31.5 Å². The predicted octanol–water partition coefficient (Wildman–Crippen LogP) is -0.0742. The minimum Gasteiger partial charge on any atom is -0.481 e. The number of hydrogen-bond acceptors (Lipinski definition) is 6. The summed E-state index contributed by atoms with van der Waals surface area (Å²) in [6, 6.07) is -3.90. The van der Waals surface area contributed by atoms with Gasteiger partial charge in [-0.2, -0.15) is 0 Å². The Bertz CT molecular complexity index is 710. The molecular weight excluding hydrogens is 420 g/mol. The molecule has 1 fully saturated rings. The van der Waals surface area contributed by atoms with Crippen LogP contribution in [0.25, 0.3) is 0 Å². The Morgan fingerprint density at radius 3 is 2.19 bits per heavy atom. The molecule has 0 radical (unpaired) electrons. The highest BCUT2D eigenvalue weighted by atomic mass is 16.4. The molecule has 4 atom stereocenters. The molecule has 11 heteroatoms. The van der Waals surface area contributed by atoms with Crippen LogP contribution in [0, 0.1) is 11.8 Å². The quantitative estimate of drug-likeness (QED) is 0.270. The average molecular weight is 457 g/mol. The van der Waals surface area contributed by atoms with Crippen LogP contribution in [0.1, 0.15) is 59.8 Å². The van der Waals surface area contributed by atoms with Gasteiger partial charge in [0.2, 0.25) is 17.7 Å². The third kappa shape index (κ3) is 8.10. The Balaban J connectivity index is 2.86. The third-order valence-corrected chi connectivity index (χ3v) is 5.39. The monoisotopic (exact) mass is 456 g/mol. The van der Waals surface area contributed by atoms with E-state index in [0.717, 1.165) is 0 Å². The molecule has 11 nitrogen and oxygen atoms in total. The molecular formula is C21H36N4O7. The van der Waals surface area contributed by atoms with Crippen molar-refractivity contribution in [3.05, 3.63) is 0 Å². The summed E-state index contributed by atoms with van der Waals surface area (Å²) in [5.74, 6) is -4.22. The van der Waals surface area contributed by atoms with Crippen LogP contribution in [0.3, 0.4) is 0 Å². The normalized spacial score (nSPS) is 18.8. The first-order valence-electron chi connectivity index (χ1n) is 11.0. The summed E-state index contributed by atoms with van der Waals surface area (Å²) in [6.07, 6.45) is 0.856. The van der Waals surface area contributed by atoms with Crippen LogP contribution in [0.4, 0.5) is 0 Å². The fourth-order valence-electron chi connectivity index (χ4n) is 3.70. The standard InChI is InChI=1S/C21H36N4O7/c1-11(2)10-13(22)20(30)25-9-5-6-15(25)18(28)24-17(12(3)4)19(29)23-14(21(31)32)7-8-16(26)27/h11-15,17H,5-10,22H2,1-4H3,(H,23,29)(H,24,28)(H,26,27)(H,31,32). The van der Waals surface area contributed by atoms with E-state index in [1.807, 2.05) is 13.8 Å². The summed E-state index contributed by atoms with van der Waals surface area (Å²) in [5, 5.41) is 23.0. The highest BCUT2D eigenvalue weighted by Crippen LogP contribution is 2.20. The van der Waals surface area contributed by atoms with Crippen molar-refractivity contribution in [2.24, 2.45) is 17.6 Å². The summed E-state index contributed by atoms with van der Waals surface area (Å²) in [7, 11) is 0. The van der Waals surface area contributed by atoms with Crippen LogP contribution in [0.5, 0.6) is 0 Å². The van der Waals surface area contributed by atoms with Gasteiger partial charge in [-0.1, -0.05) is 27.7 Å². The van der Waals surface area contributed by atoms with E-state index in [1.165, 1.54) is 4.90 Å². The number of aliphatic carboxylic acids is 2. The lowest BCUT2D eigenvalue weighted by Gasteiger charge is -2.30. The lowest BCUT2D eigenvalue weighted by Crippen LogP contribution is -2.58. The molecule has 6 N–H and O–H groups in total. The molecule has 0 spiro atoms. The topological polar surface area (TPSA) is 179 Å². The Morgan fingerprint density at radius 1 is 1.06 bits per heavy atom. The lowest BCUT2D eigenvalue weighted by molar-refractivity contribution is -0.144. The van der Waals surface area contributed by atoms with E-state index in [2.05, 4.69) is 10.6 Å². The van der Waals surface area contributed by atoms with Crippen molar-refractivity contribution >= 4 is 29.7 Å². The maximum Gasteiger partial charge on any atom is 0.326 e. The molecule has 1 saturated heterocycles. The second-order valence-electron chi connectivity index (χ2n) is 8.99. The van der Waals surface area contributed by atoms with Gasteiger partial charge in [0.15, 0.2) is 0 Å². The van der Waals surface area contributed by atoms with Crippen molar-refractivity contribution < 1.29 is 34.2 Å². The molecule has 0 aromatic heterocycles. The number of amides is 3. The zero-order valence-corrected chi connectivity index (χ0v) is 19.2. The molecule has 0 bridgehead atoms. The highest BCUT2D eigenvalue weighted by Gasteiger charge is 2.38. The summed E-state index contributed by atoms with van der Waals surface area (Å²) in [4.78, 5) is 61.9. The van der Waals surface area contributed by atoms with Crippen LogP contribution in [-0.2, 0) is 24.0 Å². The minimum absolute atomic E-state index is 0.223. The van der Waals surface area contributed by atoms with Gasteiger partial charge in [0.1, 0.15) is 18.1 Å². The first kappa shape index (κ1) is 27.3. The minimum atomic E-state index is -1.39. The molecule has 32 heavy (non-hydrogen) atoms. The molecule has 1 rings (SSSR count). The van der Waals surface area contributed by atoms with Gasteiger partial charge in [-0.3, -0.25) is 19.2 Å². The number of carboxylic acid groups (broad SMARTS) is 2. The molecule has 0 aliphatic carbocycles. The Hall–Kier alpha value is -2.69. The molecule has 0 saturated carbocycles. The van der Waals surface area contributed by atoms with E-state index in [0.29, 0.717) is 25.8 Å². The first-order chi connectivity index (χ1) is 14.8. The van der Waals surface area contributed by atoms with E-state index in [-0.39, 0.29) is 24.2 Å². The largest absolute Gasteiger partial charge is 0.481 e. The number of rotatable bonds is 12. The van der Waals surface area contributed by atoms with Crippen LogP contribution in [-0.4, -0.2) is 75.5 Å². The number of carbonyl (C=O) groups excluding carboxylic acids is 3. The Labute approximate surface area is 188 Å². The molecule has 1 aliphatic rings. The number of hydrogen-bond donors (Lipinski definition) is 5. The summed E-state index contributed by atoms with van der Waals surface area (Å²) in [6.45, 7) is 7.68. The maximum atomic E-state index is 12.9. The lowest BCUT2D eigenvalue weighted by atomic mass is 10.0. The number of nitrogens with one attached hydrogen (secondary N) is 2. The highest BCUT2D eigenvalue weighted by molar-refractivity contribution is 5.94. The average Bonchev–Trinajstić information content (AvgIpc) is 3.16. The van der Waals surface area contributed by atoms with Crippen LogP contribution in [0.15, 0.2) is 0 Å². The second-order valence-corrected chi connectivity index (χ2v) is 8.99. The SMILES string of the molecule is CC(C)CC(N)C(=O)N1CCCC1C(=O)NC(C(=O)NC(CCC(=O)O)C(=O)O)C(C)C. The number of carboxylic acids is 2. The number of carbonyl (C=O) groups is 5. The maximum absolute atomic E-state index is 12.9. The van der Waals surface area contributed by atoms with Gasteiger partial charge in [-0.05, 0) is 37.5 Å². The molecule has 3 amide bonds. The van der Waals surface area contributed by atoms with Gasteiger partial charge in [0, 0.05) is 13.0 Å². The van der Waals surface area contributed by atoms with Crippen molar-refractivity contribution in [3.8, 4) is 0 Å². The van der Waals surface area contributed by atoms with Gasteiger partial charge in [-0.15, -0.1) is 0 Å². The smallest absolute Gasteiger partial charge is 0.326 e. The fraction of sp³-hybridized carbons (Fsp3) is 0.762. The van der Waals surface area contributed by atoms with E-state index < -0.39 is 54.3 Å². The molecule has 1 aliphatic heterocycles. The Morgan fingerprint density at radius 2 is 1.69 bits per heavy atom. The fourth-order valence-corrected chi connectivity index (χ4v) is 3.70. The van der Waals surface area contributed by atoms with Crippen LogP contribution < -0.4 is 16.4 Å². The van der Waals surface area contributed by atoms with Gasteiger partial charge >= 0.3 is 11.9 Å². The van der Waals surface area contributed by atoms with Gasteiger partial charge in [-0.25, -0.2) is 4.79 Å². The van der Waals surface area contributed by atoms with E-state index in [1.54, 1.807) is 13.8 Å². The number of nitrogens with two attached hydrogens (primary N) is 1. The van der Waals surface area contributed by atoms with Crippen molar-refractivity contribution in [2.75, 3.05) is 6.54 Å². The number of nitrogens with zero attached hydrogens (tertiary/aromatic N) is 1.